The molecule has 1 saturated carbocycles. The standard InChI is InChI=1S/C16H20O3/c17-13-5-3-4-11-6-7-12(10-14(18)19)16(15(11)13)8-1-2-9-16/h3-5,12,17H,1-2,6-10H2,(H,18,19). The summed E-state index contributed by atoms with van der Waals surface area (Å²) in [5, 5.41) is 19.5. The van der Waals surface area contributed by atoms with Gasteiger partial charge in [0, 0.05) is 17.4 Å². The summed E-state index contributed by atoms with van der Waals surface area (Å²) in [5.74, 6) is -0.169. The molecular weight excluding hydrogens is 240 g/mol. The van der Waals surface area contributed by atoms with E-state index in [1.54, 1.807) is 6.07 Å². The second kappa shape index (κ2) is 4.55. The van der Waals surface area contributed by atoms with Crippen LogP contribution in [0, 0.1) is 5.92 Å². The first-order valence-electron chi connectivity index (χ1n) is 7.16. The average Bonchev–Trinajstić information content (AvgIpc) is 2.83. The molecule has 1 fully saturated rings. The Morgan fingerprint density at radius 3 is 2.74 bits per heavy atom. The van der Waals surface area contributed by atoms with Gasteiger partial charge in [0.15, 0.2) is 0 Å². The average molecular weight is 260 g/mol. The second-order valence-corrected chi connectivity index (χ2v) is 6.01. The van der Waals surface area contributed by atoms with Gasteiger partial charge in [0.1, 0.15) is 5.75 Å². The van der Waals surface area contributed by atoms with Gasteiger partial charge < -0.3 is 10.2 Å². The Balaban J connectivity index is 2.09. The van der Waals surface area contributed by atoms with E-state index in [1.807, 2.05) is 6.07 Å². The van der Waals surface area contributed by atoms with E-state index >= 15 is 0 Å². The molecule has 2 N–H and O–H groups in total. The van der Waals surface area contributed by atoms with Gasteiger partial charge in [0.05, 0.1) is 0 Å². The smallest absolute Gasteiger partial charge is 0.303 e. The number of fused-ring (bicyclic) bond motifs is 2. The van der Waals surface area contributed by atoms with Gasteiger partial charge in [-0.3, -0.25) is 4.79 Å². The van der Waals surface area contributed by atoms with E-state index in [4.69, 9.17) is 5.11 Å². The number of rotatable bonds is 2. The molecule has 2 aliphatic carbocycles. The minimum atomic E-state index is -0.713. The predicted molar refractivity (Wildman–Crippen MR) is 72.3 cm³/mol. The summed E-state index contributed by atoms with van der Waals surface area (Å²) in [6.07, 6.45) is 6.39. The van der Waals surface area contributed by atoms with Gasteiger partial charge >= 0.3 is 5.97 Å². The lowest BCUT2D eigenvalue weighted by Crippen LogP contribution is -2.38. The number of carboxylic acid groups (broad SMARTS) is 1. The molecule has 3 nitrogen and oxygen atoms in total. The molecule has 3 rings (SSSR count). The predicted octanol–water partition coefficient (Wildman–Crippen LogP) is 3.24. The first kappa shape index (κ1) is 12.5. The van der Waals surface area contributed by atoms with Crippen LogP contribution in [0.25, 0.3) is 0 Å². The summed E-state index contributed by atoms with van der Waals surface area (Å²) in [5.41, 5.74) is 2.20. The molecule has 0 aromatic heterocycles. The molecule has 1 aromatic carbocycles. The molecule has 102 valence electrons. The van der Waals surface area contributed by atoms with Crippen molar-refractivity contribution in [3.8, 4) is 5.75 Å². The van der Waals surface area contributed by atoms with Crippen LogP contribution in [-0.2, 0) is 16.6 Å². The molecule has 0 bridgehead atoms. The number of phenolic OH excluding ortho intramolecular Hbond substituents is 1. The summed E-state index contributed by atoms with van der Waals surface area (Å²) >= 11 is 0. The van der Waals surface area contributed by atoms with Gasteiger partial charge in [-0.25, -0.2) is 0 Å². The third-order valence-corrected chi connectivity index (χ3v) is 5.09. The molecule has 1 unspecified atom stereocenters. The maximum atomic E-state index is 11.1. The first-order valence-corrected chi connectivity index (χ1v) is 7.16. The molecule has 1 atom stereocenters. The zero-order valence-electron chi connectivity index (χ0n) is 11.1. The largest absolute Gasteiger partial charge is 0.508 e. The number of carboxylic acids is 1. The quantitative estimate of drug-likeness (QED) is 0.858. The Bertz CT molecular complexity index is 501. The molecule has 2 aliphatic rings. The fourth-order valence-corrected chi connectivity index (χ4v) is 4.35. The van der Waals surface area contributed by atoms with Crippen LogP contribution in [0.4, 0.5) is 0 Å². The SMILES string of the molecule is O=C(O)CC1CCc2cccc(O)c2C12CCCC2. The number of aliphatic carboxylic acids is 1. The topological polar surface area (TPSA) is 57.5 Å². The second-order valence-electron chi connectivity index (χ2n) is 6.01. The van der Waals surface area contributed by atoms with Crippen LogP contribution in [0.1, 0.15) is 49.7 Å². The number of hydrogen-bond donors (Lipinski definition) is 2. The van der Waals surface area contributed by atoms with Crippen LogP contribution in [0.2, 0.25) is 0 Å². The van der Waals surface area contributed by atoms with Gasteiger partial charge in [-0.15, -0.1) is 0 Å². The summed E-state index contributed by atoms with van der Waals surface area (Å²) in [6, 6.07) is 5.74. The monoisotopic (exact) mass is 260 g/mol. The summed E-state index contributed by atoms with van der Waals surface area (Å²) < 4.78 is 0. The highest BCUT2D eigenvalue weighted by Gasteiger charge is 2.47. The minimum absolute atomic E-state index is 0.0860. The molecule has 0 radical (unpaired) electrons. The zero-order valence-corrected chi connectivity index (χ0v) is 11.1. The van der Waals surface area contributed by atoms with Crippen LogP contribution in [-0.4, -0.2) is 16.2 Å². The lowest BCUT2D eigenvalue weighted by atomic mass is 9.61. The van der Waals surface area contributed by atoms with Crippen molar-refractivity contribution in [2.75, 3.05) is 0 Å². The van der Waals surface area contributed by atoms with Crippen LogP contribution in [0.5, 0.6) is 5.75 Å². The van der Waals surface area contributed by atoms with Crippen LogP contribution in [0.3, 0.4) is 0 Å². The van der Waals surface area contributed by atoms with E-state index in [1.165, 1.54) is 5.56 Å². The zero-order chi connectivity index (χ0) is 13.5. The number of carbonyl (C=O) groups is 1. The normalized spacial score (nSPS) is 24.3. The van der Waals surface area contributed by atoms with Crippen molar-refractivity contribution in [2.24, 2.45) is 5.92 Å². The molecule has 19 heavy (non-hydrogen) atoms. The number of phenols is 1. The fraction of sp³-hybridized carbons (Fsp3) is 0.562. The number of aromatic hydroxyl groups is 1. The van der Waals surface area contributed by atoms with Crippen molar-refractivity contribution in [3.05, 3.63) is 29.3 Å². The molecule has 0 heterocycles. The molecule has 0 saturated heterocycles. The van der Waals surface area contributed by atoms with Crippen molar-refractivity contribution in [1.29, 1.82) is 0 Å². The Labute approximate surface area is 113 Å². The molecule has 1 aromatic rings. The van der Waals surface area contributed by atoms with Gasteiger partial charge in [-0.1, -0.05) is 25.0 Å². The van der Waals surface area contributed by atoms with Crippen LogP contribution < -0.4 is 0 Å². The Hall–Kier alpha value is -1.51. The van der Waals surface area contributed by atoms with Gasteiger partial charge in [0.25, 0.3) is 0 Å². The highest BCUT2D eigenvalue weighted by atomic mass is 16.4. The van der Waals surface area contributed by atoms with Crippen molar-refractivity contribution >= 4 is 5.97 Å². The third-order valence-electron chi connectivity index (χ3n) is 5.09. The Morgan fingerprint density at radius 1 is 1.32 bits per heavy atom. The van der Waals surface area contributed by atoms with Gasteiger partial charge in [-0.2, -0.15) is 0 Å². The van der Waals surface area contributed by atoms with E-state index in [0.717, 1.165) is 44.1 Å². The number of hydrogen-bond acceptors (Lipinski definition) is 2. The van der Waals surface area contributed by atoms with Crippen LogP contribution >= 0.6 is 0 Å². The lowest BCUT2D eigenvalue weighted by molar-refractivity contribution is -0.139. The van der Waals surface area contributed by atoms with E-state index in [2.05, 4.69) is 6.07 Å². The van der Waals surface area contributed by atoms with E-state index < -0.39 is 5.97 Å². The molecule has 0 amide bonds. The lowest BCUT2D eigenvalue weighted by Gasteiger charge is -2.43. The van der Waals surface area contributed by atoms with Gasteiger partial charge in [0.2, 0.25) is 0 Å². The molecular formula is C16H20O3. The molecule has 3 heteroatoms. The van der Waals surface area contributed by atoms with E-state index in [0.29, 0.717) is 5.75 Å². The van der Waals surface area contributed by atoms with Crippen molar-refractivity contribution in [2.45, 2.75) is 50.4 Å². The van der Waals surface area contributed by atoms with Crippen molar-refractivity contribution < 1.29 is 15.0 Å². The molecule has 0 aliphatic heterocycles. The Morgan fingerprint density at radius 2 is 2.05 bits per heavy atom. The number of aryl methyl sites for hydroxylation is 1. The van der Waals surface area contributed by atoms with E-state index in [9.17, 15) is 9.90 Å². The highest BCUT2D eigenvalue weighted by molar-refractivity contribution is 5.68. The minimum Gasteiger partial charge on any atom is -0.508 e. The van der Waals surface area contributed by atoms with Crippen molar-refractivity contribution in [3.63, 3.8) is 0 Å². The fourth-order valence-electron chi connectivity index (χ4n) is 4.35. The maximum absolute atomic E-state index is 11.1. The van der Waals surface area contributed by atoms with Crippen LogP contribution in [0.15, 0.2) is 18.2 Å². The summed E-state index contributed by atoms with van der Waals surface area (Å²) in [6.45, 7) is 0. The summed E-state index contributed by atoms with van der Waals surface area (Å²) in [7, 11) is 0. The van der Waals surface area contributed by atoms with E-state index in [-0.39, 0.29) is 17.8 Å². The van der Waals surface area contributed by atoms with Crippen molar-refractivity contribution in [1.82, 2.24) is 0 Å². The number of benzene rings is 1. The third kappa shape index (κ3) is 1.92. The molecule has 1 spiro atoms. The first-order chi connectivity index (χ1) is 9.13. The summed E-state index contributed by atoms with van der Waals surface area (Å²) in [4.78, 5) is 11.1. The highest BCUT2D eigenvalue weighted by Crippen LogP contribution is 2.55. The van der Waals surface area contributed by atoms with Gasteiger partial charge in [-0.05, 0) is 43.2 Å². The maximum Gasteiger partial charge on any atom is 0.303 e. The Kier molecular flexibility index (Phi) is 3.00.